The Hall–Kier alpha value is -1.31. The van der Waals surface area contributed by atoms with Gasteiger partial charge in [-0.2, -0.15) is 0 Å². The van der Waals surface area contributed by atoms with Crippen molar-refractivity contribution < 1.29 is 13.2 Å². The number of carbonyl (C=O) groups excluding carboxylic acids is 1. The Labute approximate surface area is 117 Å². The fraction of sp³-hybridized carbons (Fsp3) is 0.364. The van der Waals surface area contributed by atoms with Crippen molar-refractivity contribution in [3.8, 4) is 0 Å². The molecule has 0 unspecified atom stereocenters. The van der Waals surface area contributed by atoms with Gasteiger partial charge in [-0.3, -0.25) is 4.79 Å². The lowest BCUT2D eigenvalue weighted by Crippen LogP contribution is -2.33. The highest BCUT2D eigenvalue weighted by Crippen LogP contribution is 2.25. The number of hydrogen-bond donors (Lipinski definition) is 3. The van der Waals surface area contributed by atoms with Gasteiger partial charge >= 0.3 is 0 Å². The molecule has 4 N–H and O–H groups in total. The Morgan fingerprint density at radius 3 is 2.53 bits per heavy atom. The van der Waals surface area contributed by atoms with Crippen molar-refractivity contribution >= 4 is 33.2 Å². The Balaban J connectivity index is 2.80. The van der Waals surface area contributed by atoms with Crippen LogP contribution in [0.2, 0.25) is 5.02 Å². The van der Waals surface area contributed by atoms with E-state index in [2.05, 4.69) is 10.0 Å². The molecule has 0 aromatic heterocycles. The number of rotatable bonds is 5. The molecular formula is C11H16ClN3O3S. The smallest absolute Gasteiger partial charge is 0.240 e. The summed E-state index contributed by atoms with van der Waals surface area (Å²) in [5.41, 5.74) is 6.63. The Morgan fingerprint density at radius 2 is 2.00 bits per heavy atom. The summed E-state index contributed by atoms with van der Waals surface area (Å²) in [5.74, 6) is -0.221. The van der Waals surface area contributed by atoms with E-state index in [-0.39, 0.29) is 23.9 Å². The molecule has 0 aliphatic rings. The highest BCUT2D eigenvalue weighted by molar-refractivity contribution is 7.89. The van der Waals surface area contributed by atoms with Gasteiger partial charge in [0, 0.05) is 30.7 Å². The molecule has 0 atom stereocenters. The van der Waals surface area contributed by atoms with E-state index in [1.807, 2.05) is 0 Å². The molecule has 8 heteroatoms. The number of amides is 1. The lowest BCUT2D eigenvalue weighted by atomic mass is 10.2. The second kappa shape index (κ2) is 6.23. The third kappa shape index (κ3) is 4.38. The van der Waals surface area contributed by atoms with Crippen molar-refractivity contribution in [1.82, 2.24) is 10.0 Å². The Kier molecular flexibility index (Phi) is 5.16. The summed E-state index contributed by atoms with van der Waals surface area (Å²) in [5, 5.41) is 2.78. The van der Waals surface area contributed by atoms with Crippen molar-refractivity contribution in [3.63, 3.8) is 0 Å². The van der Waals surface area contributed by atoms with Crippen LogP contribution in [0.15, 0.2) is 17.0 Å². The average molecular weight is 306 g/mol. The molecule has 0 saturated carbocycles. The molecule has 19 heavy (non-hydrogen) atoms. The van der Waals surface area contributed by atoms with Crippen molar-refractivity contribution in [1.29, 1.82) is 0 Å². The molecule has 0 bridgehead atoms. The van der Waals surface area contributed by atoms with Gasteiger partial charge in [-0.25, -0.2) is 13.1 Å². The maximum Gasteiger partial charge on any atom is 0.240 e. The highest BCUT2D eigenvalue weighted by Gasteiger charge is 2.16. The van der Waals surface area contributed by atoms with Gasteiger partial charge in [-0.1, -0.05) is 11.6 Å². The predicted octanol–water partition coefficient (Wildman–Crippen LogP) is 0.645. The highest BCUT2D eigenvalue weighted by atomic mass is 35.5. The zero-order valence-corrected chi connectivity index (χ0v) is 12.2. The lowest BCUT2D eigenvalue weighted by molar-refractivity contribution is -0.118. The molecular weight excluding hydrogens is 290 g/mol. The maximum atomic E-state index is 12.0. The zero-order valence-electron chi connectivity index (χ0n) is 10.7. The van der Waals surface area contributed by atoms with Crippen LogP contribution in [-0.2, 0) is 14.8 Å². The van der Waals surface area contributed by atoms with Crippen molar-refractivity contribution in [2.45, 2.75) is 18.7 Å². The van der Waals surface area contributed by atoms with Crippen LogP contribution in [0.25, 0.3) is 0 Å². The van der Waals surface area contributed by atoms with E-state index < -0.39 is 10.0 Å². The number of nitrogens with two attached hydrogens (primary N) is 1. The molecule has 0 heterocycles. The topological polar surface area (TPSA) is 101 Å². The summed E-state index contributed by atoms with van der Waals surface area (Å²) in [4.78, 5) is 10.6. The number of halogens is 1. The van der Waals surface area contributed by atoms with Gasteiger partial charge in [0.25, 0.3) is 0 Å². The molecule has 6 nitrogen and oxygen atoms in total. The minimum Gasteiger partial charge on any atom is -0.398 e. The minimum absolute atomic E-state index is 0.00317. The van der Waals surface area contributed by atoms with Crippen molar-refractivity contribution in [2.24, 2.45) is 0 Å². The monoisotopic (exact) mass is 305 g/mol. The normalized spacial score (nSPS) is 11.3. The summed E-state index contributed by atoms with van der Waals surface area (Å²) >= 11 is 5.90. The largest absolute Gasteiger partial charge is 0.398 e. The second-order valence-electron chi connectivity index (χ2n) is 4.00. The van der Waals surface area contributed by atoms with E-state index in [1.54, 1.807) is 6.92 Å². The van der Waals surface area contributed by atoms with Crippen LogP contribution in [0, 0.1) is 6.92 Å². The molecule has 0 saturated heterocycles. The van der Waals surface area contributed by atoms with Gasteiger partial charge in [0.2, 0.25) is 15.9 Å². The number of nitrogen functional groups attached to an aromatic ring is 1. The Bertz CT molecular complexity index is 564. The summed E-state index contributed by atoms with van der Waals surface area (Å²) in [6.07, 6.45) is 0. The van der Waals surface area contributed by atoms with Gasteiger partial charge in [-0.15, -0.1) is 0 Å². The van der Waals surface area contributed by atoms with E-state index >= 15 is 0 Å². The van der Waals surface area contributed by atoms with E-state index in [4.69, 9.17) is 17.3 Å². The van der Waals surface area contributed by atoms with E-state index in [9.17, 15) is 13.2 Å². The quantitative estimate of drug-likeness (QED) is 0.549. The first kappa shape index (κ1) is 15.7. The minimum atomic E-state index is -3.69. The van der Waals surface area contributed by atoms with Crippen LogP contribution in [0.4, 0.5) is 5.69 Å². The van der Waals surface area contributed by atoms with Gasteiger partial charge in [0.05, 0.1) is 4.90 Å². The zero-order chi connectivity index (χ0) is 14.6. The molecule has 0 aliphatic heterocycles. The fourth-order valence-electron chi connectivity index (χ4n) is 1.34. The molecule has 1 aromatic carbocycles. The summed E-state index contributed by atoms with van der Waals surface area (Å²) in [6, 6.07) is 2.69. The second-order valence-corrected chi connectivity index (χ2v) is 6.17. The SMILES string of the molecule is CC(=O)NCCNS(=O)(=O)c1cc(N)c(C)c(Cl)c1. The molecule has 0 fully saturated rings. The number of hydrogen-bond acceptors (Lipinski definition) is 4. The van der Waals surface area contributed by atoms with Gasteiger partial charge in [-0.05, 0) is 24.6 Å². The predicted molar refractivity (Wildman–Crippen MR) is 74.5 cm³/mol. The Morgan fingerprint density at radius 1 is 1.37 bits per heavy atom. The summed E-state index contributed by atoms with van der Waals surface area (Å²) in [7, 11) is -3.69. The van der Waals surface area contributed by atoms with Gasteiger partial charge < -0.3 is 11.1 Å². The molecule has 106 valence electrons. The van der Waals surface area contributed by atoms with E-state index in [1.165, 1.54) is 19.1 Å². The average Bonchev–Trinajstić information content (AvgIpc) is 2.31. The van der Waals surface area contributed by atoms with Crippen LogP contribution in [0.3, 0.4) is 0 Å². The number of sulfonamides is 1. The first-order valence-corrected chi connectivity index (χ1v) is 7.40. The van der Waals surface area contributed by atoms with Gasteiger partial charge in [0.15, 0.2) is 0 Å². The number of carbonyl (C=O) groups is 1. The first-order valence-electron chi connectivity index (χ1n) is 5.54. The van der Waals surface area contributed by atoms with E-state index in [0.717, 1.165) is 0 Å². The summed E-state index contributed by atoms with van der Waals surface area (Å²) < 4.78 is 26.3. The van der Waals surface area contributed by atoms with Crippen LogP contribution >= 0.6 is 11.6 Å². The summed E-state index contributed by atoms with van der Waals surface area (Å²) in [6.45, 7) is 3.37. The maximum absolute atomic E-state index is 12.0. The molecule has 1 aromatic rings. The molecule has 0 radical (unpaired) electrons. The van der Waals surface area contributed by atoms with E-state index in [0.29, 0.717) is 16.3 Å². The standard InChI is InChI=1S/C11H16ClN3O3S/c1-7-10(12)5-9(6-11(7)13)19(17,18)15-4-3-14-8(2)16/h5-6,15H,3-4,13H2,1-2H3,(H,14,16). The first-order chi connectivity index (χ1) is 8.74. The third-order valence-electron chi connectivity index (χ3n) is 2.46. The third-order valence-corrected chi connectivity index (χ3v) is 4.29. The number of benzene rings is 1. The van der Waals surface area contributed by atoms with Crippen LogP contribution < -0.4 is 15.8 Å². The fourth-order valence-corrected chi connectivity index (χ4v) is 2.72. The number of nitrogens with one attached hydrogen (secondary N) is 2. The van der Waals surface area contributed by atoms with Crippen molar-refractivity contribution in [3.05, 3.63) is 22.7 Å². The molecule has 0 aliphatic carbocycles. The van der Waals surface area contributed by atoms with Crippen LogP contribution in [-0.4, -0.2) is 27.4 Å². The van der Waals surface area contributed by atoms with Crippen LogP contribution in [0.1, 0.15) is 12.5 Å². The molecule has 1 rings (SSSR count). The van der Waals surface area contributed by atoms with Gasteiger partial charge in [0.1, 0.15) is 0 Å². The lowest BCUT2D eigenvalue weighted by Gasteiger charge is -2.10. The molecule has 0 spiro atoms. The van der Waals surface area contributed by atoms with Crippen LogP contribution in [0.5, 0.6) is 0 Å². The molecule has 1 amide bonds. The van der Waals surface area contributed by atoms with Crippen molar-refractivity contribution in [2.75, 3.05) is 18.8 Å². The number of anilines is 1.